The molecular weight excluding hydrogens is 107 g/mol. The summed E-state index contributed by atoms with van der Waals surface area (Å²) in [6, 6.07) is 0. The Hall–Kier alpha value is -0.630. The van der Waals surface area contributed by atoms with E-state index in [4.69, 9.17) is 5.11 Å². The lowest BCUT2D eigenvalue weighted by molar-refractivity contribution is 0.227. The first-order valence-electron chi connectivity index (χ1n) is 2.37. The highest BCUT2D eigenvalue weighted by molar-refractivity contribution is 4.85. The molecule has 1 N–H and O–H groups in total. The SMILES string of the molecule is C=CC(O)CC=CF. The molecule has 0 aromatic heterocycles. The lowest BCUT2D eigenvalue weighted by Crippen LogP contribution is -1.97. The number of aliphatic hydroxyl groups is 1. The Morgan fingerprint density at radius 3 is 2.75 bits per heavy atom. The zero-order valence-electron chi connectivity index (χ0n) is 4.55. The molecule has 1 atom stereocenters. The Balaban J connectivity index is 3.23. The monoisotopic (exact) mass is 116 g/mol. The molecule has 0 aliphatic rings. The van der Waals surface area contributed by atoms with E-state index >= 15 is 0 Å². The lowest BCUT2D eigenvalue weighted by Gasteiger charge is -1.95. The van der Waals surface area contributed by atoms with Gasteiger partial charge in [0.15, 0.2) is 0 Å². The van der Waals surface area contributed by atoms with Crippen molar-refractivity contribution in [2.75, 3.05) is 0 Å². The molecule has 0 aliphatic heterocycles. The van der Waals surface area contributed by atoms with Gasteiger partial charge in [0.2, 0.25) is 0 Å². The van der Waals surface area contributed by atoms with Gasteiger partial charge in [0.25, 0.3) is 0 Å². The summed E-state index contributed by atoms with van der Waals surface area (Å²) >= 11 is 0. The number of aliphatic hydroxyl groups excluding tert-OH is 1. The maximum Gasteiger partial charge on any atom is 0.0828 e. The molecule has 0 rings (SSSR count). The molecular formula is C6H9FO. The molecule has 0 spiro atoms. The van der Waals surface area contributed by atoms with Gasteiger partial charge in [-0.2, -0.15) is 0 Å². The molecule has 0 saturated heterocycles. The van der Waals surface area contributed by atoms with Gasteiger partial charge in [0, 0.05) is 0 Å². The standard InChI is InChI=1S/C6H9FO/c1-2-6(8)4-3-5-7/h2-3,5-6,8H,1,4H2. The highest BCUT2D eigenvalue weighted by Gasteiger charge is 1.90. The highest BCUT2D eigenvalue weighted by atomic mass is 19.1. The molecule has 0 aromatic carbocycles. The molecule has 0 radical (unpaired) electrons. The van der Waals surface area contributed by atoms with Gasteiger partial charge in [-0.3, -0.25) is 0 Å². The van der Waals surface area contributed by atoms with Gasteiger partial charge in [0.1, 0.15) is 0 Å². The van der Waals surface area contributed by atoms with Gasteiger partial charge in [-0.25, -0.2) is 4.39 Å². The zero-order chi connectivity index (χ0) is 6.41. The molecule has 1 nitrogen and oxygen atoms in total. The Morgan fingerprint density at radius 2 is 2.38 bits per heavy atom. The van der Waals surface area contributed by atoms with Crippen molar-refractivity contribution in [3.8, 4) is 0 Å². The number of halogens is 1. The summed E-state index contributed by atoms with van der Waals surface area (Å²) in [5.41, 5.74) is 0. The summed E-state index contributed by atoms with van der Waals surface area (Å²) in [4.78, 5) is 0. The Labute approximate surface area is 48.1 Å². The second kappa shape index (κ2) is 4.53. The van der Waals surface area contributed by atoms with E-state index in [0.29, 0.717) is 12.8 Å². The highest BCUT2D eigenvalue weighted by Crippen LogP contribution is 1.92. The van der Waals surface area contributed by atoms with Crippen molar-refractivity contribution < 1.29 is 9.50 Å². The molecule has 0 aromatic rings. The molecule has 8 heavy (non-hydrogen) atoms. The van der Waals surface area contributed by atoms with Crippen LogP contribution in [0.15, 0.2) is 25.1 Å². The first-order chi connectivity index (χ1) is 3.81. The Bertz CT molecular complexity index is 88.5. The normalized spacial score (nSPS) is 14.2. The van der Waals surface area contributed by atoms with Crippen LogP contribution in [0.1, 0.15) is 6.42 Å². The van der Waals surface area contributed by atoms with Crippen molar-refractivity contribution in [2.24, 2.45) is 0 Å². The third kappa shape index (κ3) is 3.56. The van der Waals surface area contributed by atoms with Crippen LogP contribution in [-0.2, 0) is 0 Å². The van der Waals surface area contributed by atoms with Gasteiger partial charge in [0.05, 0.1) is 12.4 Å². The summed E-state index contributed by atoms with van der Waals surface area (Å²) in [7, 11) is 0. The van der Waals surface area contributed by atoms with Crippen molar-refractivity contribution >= 4 is 0 Å². The van der Waals surface area contributed by atoms with Gasteiger partial charge in [-0.05, 0) is 6.42 Å². The molecule has 2 heteroatoms. The van der Waals surface area contributed by atoms with Crippen LogP contribution in [0.4, 0.5) is 4.39 Å². The van der Waals surface area contributed by atoms with E-state index in [1.807, 2.05) is 0 Å². The van der Waals surface area contributed by atoms with Crippen LogP contribution in [0, 0.1) is 0 Å². The topological polar surface area (TPSA) is 20.2 Å². The van der Waals surface area contributed by atoms with Crippen LogP contribution >= 0.6 is 0 Å². The van der Waals surface area contributed by atoms with Crippen molar-refractivity contribution in [2.45, 2.75) is 12.5 Å². The third-order valence-corrected chi connectivity index (χ3v) is 0.739. The molecule has 0 amide bonds. The minimum atomic E-state index is -0.609. The molecule has 0 heterocycles. The van der Waals surface area contributed by atoms with E-state index in [9.17, 15) is 4.39 Å². The molecule has 0 aliphatic carbocycles. The van der Waals surface area contributed by atoms with E-state index in [1.54, 1.807) is 0 Å². The van der Waals surface area contributed by atoms with Crippen LogP contribution in [0.2, 0.25) is 0 Å². The number of hydrogen-bond acceptors (Lipinski definition) is 1. The van der Waals surface area contributed by atoms with E-state index in [0.717, 1.165) is 0 Å². The average Bonchev–Trinajstić information content (AvgIpc) is 1.83. The third-order valence-electron chi connectivity index (χ3n) is 0.739. The lowest BCUT2D eigenvalue weighted by atomic mass is 10.2. The zero-order valence-corrected chi connectivity index (χ0v) is 4.55. The fourth-order valence-electron chi connectivity index (χ4n) is 0.287. The molecule has 0 bridgehead atoms. The average molecular weight is 116 g/mol. The van der Waals surface area contributed by atoms with Crippen molar-refractivity contribution in [1.29, 1.82) is 0 Å². The second-order valence-electron chi connectivity index (χ2n) is 1.40. The van der Waals surface area contributed by atoms with Gasteiger partial charge >= 0.3 is 0 Å². The van der Waals surface area contributed by atoms with Crippen LogP contribution in [0.3, 0.4) is 0 Å². The number of hydrogen-bond donors (Lipinski definition) is 1. The molecule has 0 fully saturated rings. The van der Waals surface area contributed by atoms with E-state index in [-0.39, 0.29) is 0 Å². The predicted octanol–water partition coefficient (Wildman–Crippen LogP) is 1.41. The fraction of sp³-hybridized carbons (Fsp3) is 0.333. The maximum atomic E-state index is 11.2. The summed E-state index contributed by atoms with van der Waals surface area (Å²) in [5.74, 6) is 0. The van der Waals surface area contributed by atoms with Crippen LogP contribution in [0.25, 0.3) is 0 Å². The Kier molecular flexibility index (Phi) is 4.17. The van der Waals surface area contributed by atoms with Gasteiger partial charge in [-0.1, -0.05) is 12.2 Å². The number of rotatable bonds is 3. The minimum absolute atomic E-state index is 0.306. The van der Waals surface area contributed by atoms with Crippen LogP contribution in [-0.4, -0.2) is 11.2 Å². The Morgan fingerprint density at radius 1 is 1.75 bits per heavy atom. The maximum absolute atomic E-state index is 11.2. The largest absolute Gasteiger partial charge is 0.389 e. The molecule has 0 saturated carbocycles. The van der Waals surface area contributed by atoms with Crippen molar-refractivity contribution in [1.82, 2.24) is 0 Å². The van der Waals surface area contributed by atoms with Crippen molar-refractivity contribution in [3.05, 3.63) is 25.1 Å². The predicted molar refractivity (Wildman–Crippen MR) is 31.1 cm³/mol. The van der Waals surface area contributed by atoms with E-state index in [1.165, 1.54) is 12.2 Å². The first-order valence-corrected chi connectivity index (χ1v) is 2.37. The van der Waals surface area contributed by atoms with Crippen molar-refractivity contribution in [3.63, 3.8) is 0 Å². The second-order valence-corrected chi connectivity index (χ2v) is 1.40. The van der Waals surface area contributed by atoms with Crippen LogP contribution in [0.5, 0.6) is 0 Å². The van der Waals surface area contributed by atoms with Gasteiger partial charge < -0.3 is 5.11 Å². The van der Waals surface area contributed by atoms with Gasteiger partial charge in [-0.15, -0.1) is 6.58 Å². The van der Waals surface area contributed by atoms with E-state index in [2.05, 4.69) is 6.58 Å². The fourth-order valence-corrected chi connectivity index (χ4v) is 0.287. The summed E-state index contributed by atoms with van der Waals surface area (Å²) in [5, 5.41) is 8.65. The van der Waals surface area contributed by atoms with E-state index < -0.39 is 6.10 Å². The molecule has 46 valence electrons. The smallest absolute Gasteiger partial charge is 0.0828 e. The molecule has 1 unspecified atom stereocenters. The quantitative estimate of drug-likeness (QED) is 0.553. The summed E-state index contributed by atoms with van der Waals surface area (Å²) < 4.78 is 11.2. The first kappa shape index (κ1) is 7.37. The van der Waals surface area contributed by atoms with Crippen LogP contribution < -0.4 is 0 Å². The minimum Gasteiger partial charge on any atom is -0.389 e. The summed E-state index contributed by atoms with van der Waals surface area (Å²) in [6.45, 7) is 3.31. The summed E-state index contributed by atoms with van der Waals surface area (Å²) in [6.07, 6.45) is 2.71.